The van der Waals surface area contributed by atoms with Gasteiger partial charge in [-0.1, -0.05) is 19.1 Å². The fourth-order valence-electron chi connectivity index (χ4n) is 4.27. The standard InChI is InChI=1S/C25H28N4O3/c1-2-21-10-9-19(13-26-21)24-28-27-23(32-24)18-7-5-17(6-8-18)15-29(14-16-3-4-16)22-11-20(12-22)25(30)31/h5-10,13,16,20,22H,2-4,11-12,14-15H2,1H3,(H,30,31). The van der Waals surface area contributed by atoms with E-state index in [1.807, 2.05) is 24.3 Å². The first-order valence-electron chi connectivity index (χ1n) is 11.4. The molecule has 32 heavy (non-hydrogen) atoms. The third kappa shape index (κ3) is 4.58. The lowest BCUT2D eigenvalue weighted by Crippen LogP contribution is -2.47. The van der Waals surface area contributed by atoms with E-state index >= 15 is 0 Å². The number of hydrogen-bond donors (Lipinski definition) is 1. The van der Waals surface area contributed by atoms with Crippen LogP contribution in [0.1, 0.15) is 43.9 Å². The van der Waals surface area contributed by atoms with Crippen LogP contribution in [-0.2, 0) is 17.8 Å². The Morgan fingerprint density at radius 1 is 1.06 bits per heavy atom. The van der Waals surface area contributed by atoms with E-state index in [0.717, 1.165) is 55.1 Å². The van der Waals surface area contributed by atoms with Gasteiger partial charge in [-0.3, -0.25) is 14.7 Å². The van der Waals surface area contributed by atoms with Crippen molar-refractivity contribution in [3.05, 3.63) is 53.9 Å². The average Bonchev–Trinajstić information content (AvgIpc) is 3.45. The SMILES string of the molecule is CCc1ccc(-c2nnc(-c3ccc(CN(CC4CC4)C4CC(C(=O)O)C4)cc3)o2)cn1. The number of hydrogen-bond acceptors (Lipinski definition) is 6. The number of carboxylic acid groups (broad SMARTS) is 1. The number of carboxylic acids is 1. The number of rotatable bonds is 9. The summed E-state index contributed by atoms with van der Waals surface area (Å²) in [5, 5.41) is 17.6. The van der Waals surface area contributed by atoms with Gasteiger partial charge in [0.25, 0.3) is 0 Å². The number of carbonyl (C=O) groups is 1. The highest BCUT2D eigenvalue weighted by atomic mass is 16.4. The van der Waals surface area contributed by atoms with Crippen LogP contribution in [0.2, 0.25) is 0 Å². The summed E-state index contributed by atoms with van der Waals surface area (Å²) in [4.78, 5) is 18.1. The lowest BCUT2D eigenvalue weighted by atomic mass is 9.79. The maximum atomic E-state index is 11.2. The van der Waals surface area contributed by atoms with Gasteiger partial charge in [0.1, 0.15) is 0 Å². The molecule has 2 heterocycles. The molecule has 1 aromatic carbocycles. The van der Waals surface area contributed by atoms with Crippen molar-refractivity contribution in [3.8, 4) is 22.9 Å². The van der Waals surface area contributed by atoms with Gasteiger partial charge in [-0.15, -0.1) is 10.2 Å². The third-order valence-corrected chi connectivity index (χ3v) is 6.61. The summed E-state index contributed by atoms with van der Waals surface area (Å²) >= 11 is 0. The van der Waals surface area contributed by atoms with Gasteiger partial charge in [-0.2, -0.15) is 0 Å². The molecular formula is C25H28N4O3. The van der Waals surface area contributed by atoms with Crippen LogP contribution in [0.15, 0.2) is 47.0 Å². The number of aromatic nitrogens is 3. The molecule has 0 saturated heterocycles. The third-order valence-electron chi connectivity index (χ3n) is 6.61. The normalized spacial score (nSPS) is 20.3. The highest BCUT2D eigenvalue weighted by Crippen LogP contribution is 2.37. The summed E-state index contributed by atoms with van der Waals surface area (Å²) in [6.07, 6.45) is 6.77. The smallest absolute Gasteiger partial charge is 0.306 e. The van der Waals surface area contributed by atoms with Gasteiger partial charge >= 0.3 is 5.97 Å². The van der Waals surface area contributed by atoms with Crippen molar-refractivity contribution >= 4 is 5.97 Å². The van der Waals surface area contributed by atoms with Gasteiger partial charge in [-0.05, 0) is 67.9 Å². The number of pyridine rings is 1. The van der Waals surface area contributed by atoms with E-state index in [1.54, 1.807) is 6.20 Å². The maximum absolute atomic E-state index is 11.2. The Balaban J connectivity index is 1.25. The molecule has 0 spiro atoms. The second kappa shape index (κ2) is 8.82. The molecule has 166 valence electrons. The summed E-state index contributed by atoms with van der Waals surface area (Å²) in [5.41, 5.74) is 3.94. The molecule has 2 aromatic heterocycles. The molecule has 7 nitrogen and oxygen atoms in total. The summed E-state index contributed by atoms with van der Waals surface area (Å²) < 4.78 is 5.88. The van der Waals surface area contributed by atoms with Gasteiger partial charge in [0.05, 0.1) is 11.5 Å². The van der Waals surface area contributed by atoms with E-state index in [9.17, 15) is 9.90 Å². The Kier molecular flexibility index (Phi) is 5.74. The molecule has 5 rings (SSSR count). The minimum absolute atomic E-state index is 0.177. The van der Waals surface area contributed by atoms with Crippen LogP contribution in [-0.4, -0.2) is 43.7 Å². The first kappa shape index (κ1) is 20.8. The molecule has 0 radical (unpaired) electrons. The predicted molar refractivity (Wildman–Crippen MR) is 120 cm³/mol. The monoisotopic (exact) mass is 432 g/mol. The van der Waals surface area contributed by atoms with Gasteiger partial charge in [0, 0.05) is 36.6 Å². The molecule has 0 atom stereocenters. The van der Waals surface area contributed by atoms with Gasteiger partial charge in [-0.25, -0.2) is 0 Å². The van der Waals surface area contributed by atoms with Crippen molar-refractivity contribution in [2.24, 2.45) is 11.8 Å². The van der Waals surface area contributed by atoms with E-state index in [4.69, 9.17) is 4.42 Å². The molecular weight excluding hydrogens is 404 g/mol. The topological polar surface area (TPSA) is 92.4 Å². The van der Waals surface area contributed by atoms with Crippen LogP contribution < -0.4 is 0 Å². The molecule has 2 fully saturated rings. The van der Waals surface area contributed by atoms with E-state index in [1.165, 1.54) is 18.4 Å². The van der Waals surface area contributed by atoms with E-state index < -0.39 is 5.97 Å². The maximum Gasteiger partial charge on any atom is 0.306 e. The van der Waals surface area contributed by atoms with E-state index in [2.05, 4.69) is 39.1 Å². The highest BCUT2D eigenvalue weighted by molar-refractivity contribution is 5.71. The quantitative estimate of drug-likeness (QED) is 0.534. The zero-order valence-corrected chi connectivity index (χ0v) is 18.3. The summed E-state index contributed by atoms with van der Waals surface area (Å²) in [6.45, 7) is 3.98. The molecule has 1 N–H and O–H groups in total. The van der Waals surface area contributed by atoms with Crippen molar-refractivity contribution < 1.29 is 14.3 Å². The van der Waals surface area contributed by atoms with E-state index in [0.29, 0.717) is 17.8 Å². The Labute approximate surface area is 187 Å². The summed E-state index contributed by atoms with van der Waals surface area (Å²) in [6, 6.07) is 12.5. The van der Waals surface area contributed by atoms with Gasteiger partial charge < -0.3 is 9.52 Å². The van der Waals surface area contributed by atoms with Crippen LogP contribution in [0.4, 0.5) is 0 Å². The molecule has 0 unspecified atom stereocenters. The molecule has 7 heteroatoms. The molecule has 0 bridgehead atoms. The number of benzene rings is 1. The zero-order chi connectivity index (χ0) is 22.1. The van der Waals surface area contributed by atoms with E-state index in [-0.39, 0.29) is 5.92 Å². The zero-order valence-electron chi connectivity index (χ0n) is 18.3. The molecule has 2 aliphatic rings. The minimum atomic E-state index is -0.659. The number of aliphatic carboxylic acids is 1. The van der Waals surface area contributed by atoms with Crippen molar-refractivity contribution in [1.82, 2.24) is 20.1 Å². The Bertz CT molecular complexity index is 1070. The van der Waals surface area contributed by atoms with Crippen LogP contribution in [0, 0.1) is 11.8 Å². The first-order chi connectivity index (χ1) is 15.6. The van der Waals surface area contributed by atoms with Crippen molar-refractivity contribution in [1.29, 1.82) is 0 Å². The second-order valence-electron chi connectivity index (χ2n) is 9.03. The minimum Gasteiger partial charge on any atom is -0.481 e. The fraction of sp³-hybridized carbons (Fsp3) is 0.440. The lowest BCUT2D eigenvalue weighted by molar-refractivity contribution is -0.147. The first-order valence-corrected chi connectivity index (χ1v) is 11.4. The lowest BCUT2D eigenvalue weighted by Gasteiger charge is -2.41. The molecule has 2 saturated carbocycles. The summed E-state index contributed by atoms with van der Waals surface area (Å²) in [5.74, 6) is 0.894. The predicted octanol–water partition coefficient (Wildman–Crippen LogP) is 4.44. The van der Waals surface area contributed by atoms with Gasteiger partial charge in [0.2, 0.25) is 11.8 Å². The average molecular weight is 433 g/mol. The summed E-state index contributed by atoms with van der Waals surface area (Å²) in [7, 11) is 0. The largest absolute Gasteiger partial charge is 0.481 e. The fourth-order valence-corrected chi connectivity index (χ4v) is 4.27. The molecule has 3 aromatic rings. The highest BCUT2D eigenvalue weighted by Gasteiger charge is 2.39. The molecule has 0 amide bonds. The Morgan fingerprint density at radius 2 is 1.75 bits per heavy atom. The van der Waals surface area contributed by atoms with Crippen LogP contribution >= 0.6 is 0 Å². The second-order valence-corrected chi connectivity index (χ2v) is 9.03. The van der Waals surface area contributed by atoms with Gasteiger partial charge in [0.15, 0.2) is 0 Å². The van der Waals surface area contributed by atoms with Crippen LogP contribution in [0.5, 0.6) is 0 Å². The van der Waals surface area contributed by atoms with Crippen molar-refractivity contribution in [2.75, 3.05) is 6.54 Å². The Morgan fingerprint density at radius 3 is 2.34 bits per heavy atom. The van der Waals surface area contributed by atoms with Crippen molar-refractivity contribution in [2.45, 2.75) is 51.6 Å². The molecule has 0 aliphatic heterocycles. The number of aryl methyl sites for hydroxylation is 1. The van der Waals surface area contributed by atoms with Crippen LogP contribution in [0.25, 0.3) is 22.9 Å². The Hall–Kier alpha value is -3.06. The van der Waals surface area contributed by atoms with Crippen LogP contribution in [0.3, 0.4) is 0 Å². The molecule has 2 aliphatic carbocycles. The van der Waals surface area contributed by atoms with Crippen molar-refractivity contribution in [3.63, 3.8) is 0 Å². The number of nitrogens with zero attached hydrogens (tertiary/aromatic N) is 4.